The number of nitrogens with one attached hydrogen (secondary N) is 2. The lowest BCUT2D eigenvalue weighted by molar-refractivity contribution is -0.124. The van der Waals surface area contributed by atoms with Gasteiger partial charge in [-0.25, -0.2) is 0 Å². The topological polar surface area (TPSA) is 50.4 Å². The van der Waals surface area contributed by atoms with E-state index >= 15 is 0 Å². The molecule has 1 aliphatic rings. The minimum atomic E-state index is 0. The van der Waals surface area contributed by atoms with Crippen molar-refractivity contribution in [2.75, 3.05) is 20.2 Å². The Morgan fingerprint density at radius 2 is 2.33 bits per heavy atom. The van der Waals surface area contributed by atoms with Crippen molar-refractivity contribution in [2.24, 2.45) is 0 Å². The highest BCUT2D eigenvalue weighted by Crippen LogP contribution is 2.06. The maximum Gasteiger partial charge on any atom is 0.237 e. The van der Waals surface area contributed by atoms with E-state index in [4.69, 9.17) is 4.74 Å². The molecule has 0 aromatic carbocycles. The van der Waals surface area contributed by atoms with E-state index in [-0.39, 0.29) is 30.5 Å². The molecule has 2 atom stereocenters. The lowest BCUT2D eigenvalue weighted by Crippen LogP contribution is -2.48. The molecule has 0 aliphatic carbocycles. The van der Waals surface area contributed by atoms with Crippen LogP contribution in [0.25, 0.3) is 0 Å². The van der Waals surface area contributed by atoms with Crippen LogP contribution in [0.1, 0.15) is 26.2 Å². The molecule has 90 valence electrons. The Bertz CT molecular complexity index is 184. The number of carbonyl (C=O) groups excluding carboxylic acids is 1. The van der Waals surface area contributed by atoms with E-state index in [0.29, 0.717) is 6.54 Å². The standard InChI is InChI=1S/C10H20N2O2.ClH/c1-8(14-2)7-12-10(13)9-5-3-4-6-11-9;/h8-9,11H,3-7H2,1-2H3,(H,12,13);1H/t8?,9-;/m0./s1. The van der Waals surface area contributed by atoms with Crippen molar-refractivity contribution in [3.63, 3.8) is 0 Å². The number of methoxy groups -OCH3 is 1. The van der Waals surface area contributed by atoms with Gasteiger partial charge in [-0.3, -0.25) is 4.79 Å². The van der Waals surface area contributed by atoms with Crippen molar-refractivity contribution in [1.82, 2.24) is 10.6 Å². The first-order chi connectivity index (χ1) is 6.74. The summed E-state index contributed by atoms with van der Waals surface area (Å²) in [5.74, 6) is 0.105. The number of amides is 1. The molecule has 1 fully saturated rings. The number of hydrogen-bond acceptors (Lipinski definition) is 3. The quantitative estimate of drug-likeness (QED) is 0.756. The first kappa shape index (κ1) is 14.7. The molecule has 1 heterocycles. The van der Waals surface area contributed by atoms with Crippen LogP contribution in [0.2, 0.25) is 0 Å². The van der Waals surface area contributed by atoms with Gasteiger partial charge in [0, 0.05) is 13.7 Å². The number of halogens is 1. The molecule has 0 spiro atoms. The monoisotopic (exact) mass is 236 g/mol. The van der Waals surface area contributed by atoms with Gasteiger partial charge in [-0.15, -0.1) is 12.4 Å². The smallest absolute Gasteiger partial charge is 0.237 e. The van der Waals surface area contributed by atoms with E-state index in [1.807, 2.05) is 6.92 Å². The van der Waals surface area contributed by atoms with Crippen LogP contribution in [-0.4, -0.2) is 38.3 Å². The van der Waals surface area contributed by atoms with Crippen molar-refractivity contribution in [3.8, 4) is 0 Å². The van der Waals surface area contributed by atoms with Crippen LogP contribution < -0.4 is 10.6 Å². The van der Waals surface area contributed by atoms with Gasteiger partial charge in [0.05, 0.1) is 12.1 Å². The van der Waals surface area contributed by atoms with Crippen LogP contribution >= 0.6 is 12.4 Å². The second kappa shape index (κ2) is 7.91. The lowest BCUT2D eigenvalue weighted by atomic mass is 10.0. The van der Waals surface area contributed by atoms with E-state index in [0.717, 1.165) is 19.4 Å². The van der Waals surface area contributed by atoms with E-state index in [9.17, 15) is 4.79 Å². The summed E-state index contributed by atoms with van der Waals surface area (Å²) in [7, 11) is 1.65. The first-order valence-electron chi connectivity index (χ1n) is 5.28. The Balaban J connectivity index is 0.00000196. The van der Waals surface area contributed by atoms with Gasteiger partial charge in [0.25, 0.3) is 0 Å². The highest BCUT2D eigenvalue weighted by atomic mass is 35.5. The van der Waals surface area contributed by atoms with E-state index in [2.05, 4.69) is 10.6 Å². The fraction of sp³-hybridized carbons (Fsp3) is 0.900. The summed E-state index contributed by atoms with van der Waals surface area (Å²) in [5.41, 5.74) is 0. The van der Waals surface area contributed by atoms with Gasteiger partial charge in [-0.1, -0.05) is 6.42 Å². The van der Waals surface area contributed by atoms with Crippen LogP contribution in [0.4, 0.5) is 0 Å². The number of hydrogen-bond donors (Lipinski definition) is 2. The molecule has 0 saturated carbocycles. The van der Waals surface area contributed by atoms with E-state index in [1.54, 1.807) is 7.11 Å². The molecule has 5 heteroatoms. The maximum absolute atomic E-state index is 11.6. The predicted molar refractivity (Wildman–Crippen MR) is 62.4 cm³/mol. The highest BCUT2D eigenvalue weighted by molar-refractivity contribution is 5.85. The number of rotatable bonds is 4. The van der Waals surface area contributed by atoms with Gasteiger partial charge < -0.3 is 15.4 Å². The zero-order valence-electron chi connectivity index (χ0n) is 9.41. The van der Waals surface area contributed by atoms with Gasteiger partial charge in [0.15, 0.2) is 0 Å². The summed E-state index contributed by atoms with van der Waals surface area (Å²) in [4.78, 5) is 11.6. The van der Waals surface area contributed by atoms with E-state index in [1.165, 1.54) is 6.42 Å². The zero-order valence-corrected chi connectivity index (χ0v) is 10.2. The molecule has 15 heavy (non-hydrogen) atoms. The molecule has 1 saturated heterocycles. The average Bonchev–Trinajstić information content (AvgIpc) is 2.26. The summed E-state index contributed by atoms with van der Waals surface area (Å²) in [6.45, 7) is 3.49. The van der Waals surface area contributed by atoms with Crippen molar-refractivity contribution in [1.29, 1.82) is 0 Å². The van der Waals surface area contributed by atoms with Crippen molar-refractivity contribution in [2.45, 2.75) is 38.3 Å². The van der Waals surface area contributed by atoms with Gasteiger partial charge >= 0.3 is 0 Å². The Morgan fingerprint density at radius 3 is 2.87 bits per heavy atom. The maximum atomic E-state index is 11.6. The largest absolute Gasteiger partial charge is 0.380 e. The van der Waals surface area contributed by atoms with Gasteiger partial charge in [0.1, 0.15) is 0 Å². The molecule has 0 radical (unpaired) electrons. The van der Waals surface area contributed by atoms with Crippen LogP contribution in [-0.2, 0) is 9.53 Å². The van der Waals surface area contributed by atoms with Crippen molar-refractivity contribution < 1.29 is 9.53 Å². The second-order valence-corrected chi connectivity index (χ2v) is 3.79. The first-order valence-corrected chi connectivity index (χ1v) is 5.28. The second-order valence-electron chi connectivity index (χ2n) is 3.79. The average molecular weight is 237 g/mol. The number of piperidine rings is 1. The van der Waals surface area contributed by atoms with Crippen molar-refractivity contribution in [3.05, 3.63) is 0 Å². The third kappa shape index (κ3) is 5.35. The molecule has 0 aromatic rings. The molecule has 1 rings (SSSR count). The predicted octanol–water partition coefficient (Wildman–Crippen LogP) is 0.701. The molecule has 2 N–H and O–H groups in total. The van der Waals surface area contributed by atoms with Gasteiger partial charge in [-0.05, 0) is 26.3 Å². The molecule has 1 aliphatic heterocycles. The molecule has 1 amide bonds. The molecule has 1 unspecified atom stereocenters. The van der Waals surface area contributed by atoms with E-state index < -0.39 is 0 Å². The normalized spacial score (nSPS) is 22.7. The van der Waals surface area contributed by atoms with Crippen LogP contribution in [0.3, 0.4) is 0 Å². The molecular weight excluding hydrogens is 216 g/mol. The van der Waals surface area contributed by atoms with Crippen LogP contribution in [0, 0.1) is 0 Å². The Labute approximate surface area is 97.5 Å². The van der Waals surface area contributed by atoms with Gasteiger partial charge in [0.2, 0.25) is 5.91 Å². The van der Waals surface area contributed by atoms with Crippen LogP contribution in [0.5, 0.6) is 0 Å². The molecule has 0 bridgehead atoms. The summed E-state index contributed by atoms with van der Waals surface area (Å²) in [6, 6.07) is 0.00723. The fourth-order valence-corrected chi connectivity index (χ4v) is 1.53. The molecular formula is C10H21ClN2O2. The van der Waals surface area contributed by atoms with Crippen molar-refractivity contribution >= 4 is 18.3 Å². The Hall–Kier alpha value is -0.320. The summed E-state index contributed by atoms with van der Waals surface area (Å²) in [5, 5.41) is 6.08. The molecule has 4 nitrogen and oxygen atoms in total. The number of ether oxygens (including phenoxy) is 1. The zero-order chi connectivity index (χ0) is 10.4. The minimum Gasteiger partial charge on any atom is -0.380 e. The fourth-order valence-electron chi connectivity index (χ4n) is 1.53. The third-order valence-corrected chi connectivity index (χ3v) is 2.59. The molecule has 0 aromatic heterocycles. The SMILES string of the molecule is COC(C)CNC(=O)[C@@H]1CCCCN1.Cl. The third-order valence-electron chi connectivity index (χ3n) is 2.59. The summed E-state index contributed by atoms with van der Waals surface area (Å²) in [6.07, 6.45) is 3.36. The minimum absolute atomic E-state index is 0. The number of carbonyl (C=O) groups is 1. The lowest BCUT2D eigenvalue weighted by Gasteiger charge is -2.23. The Morgan fingerprint density at radius 1 is 1.60 bits per heavy atom. The summed E-state index contributed by atoms with van der Waals surface area (Å²) >= 11 is 0. The Kier molecular flexibility index (Phi) is 7.74. The summed E-state index contributed by atoms with van der Waals surface area (Å²) < 4.78 is 5.05. The van der Waals surface area contributed by atoms with Crippen LogP contribution in [0.15, 0.2) is 0 Å². The highest BCUT2D eigenvalue weighted by Gasteiger charge is 2.20. The van der Waals surface area contributed by atoms with Gasteiger partial charge in [-0.2, -0.15) is 0 Å².